The third-order valence-electron chi connectivity index (χ3n) is 12.5. The largest absolute Gasteiger partial charge is 0.254 e. The van der Waals surface area contributed by atoms with E-state index < -0.39 is 5.41 Å². The van der Waals surface area contributed by atoms with E-state index in [4.69, 9.17) is 24.9 Å². The predicted molar refractivity (Wildman–Crippen MR) is 255 cm³/mol. The predicted octanol–water partition coefficient (Wildman–Crippen LogP) is 13.7. The van der Waals surface area contributed by atoms with Crippen LogP contribution in [0.15, 0.2) is 225 Å². The SMILES string of the molecule is c1ccc(-c2nc(-c3ccccc3)nc(-c3cc(-c4cccc5c4-c4ccccc4C5(c4ccccc4)c4ccccc4)cc(-c4ccnc5c4ccc4cccnc45)c3)n2)cc1. The molecule has 1 aliphatic carbocycles. The van der Waals surface area contributed by atoms with Crippen LogP contribution in [0.5, 0.6) is 0 Å². The molecule has 0 saturated carbocycles. The topological polar surface area (TPSA) is 64.5 Å². The van der Waals surface area contributed by atoms with Gasteiger partial charge in [-0.2, -0.15) is 0 Å². The Bertz CT molecular complexity index is 3400. The van der Waals surface area contributed by atoms with Gasteiger partial charge in [-0.05, 0) is 86.0 Å². The summed E-state index contributed by atoms with van der Waals surface area (Å²) in [6.07, 6.45) is 3.73. The van der Waals surface area contributed by atoms with Gasteiger partial charge in [0.2, 0.25) is 0 Å². The lowest BCUT2D eigenvalue weighted by Gasteiger charge is -2.34. The summed E-state index contributed by atoms with van der Waals surface area (Å²) < 4.78 is 0. The highest BCUT2D eigenvalue weighted by Crippen LogP contribution is 2.58. The lowest BCUT2D eigenvalue weighted by Crippen LogP contribution is -2.28. The molecule has 8 aromatic carbocycles. The molecule has 3 heterocycles. The van der Waals surface area contributed by atoms with Gasteiger partial charge >= 0.3 is 0 Å². The van der Waals surface area contributed by atoms with Gasteiger partial charge in [0, 0.05) is 39.9 Å². The highest BCUT2D eigenvalue weighted by Gasteiger charge is 2.46. The lowest BCUT2D eigenvalue weighted by atomic mass is 9.67. The van der Waals surface area contributed by atoms with Crippen molar-refractivity contribution in [2.75, 3.05) is 0 Å². The molecule has 0 radical (unpaired) electrons. The summed E-state index contributed by atoms with van der Waals surface area (Å²) in [6.45, 7) is 0. The van der Waals surface area contributed by atoms with E-state index in [-0.39, 0.29) is 0 Å². The van der Waals surface area contributed by atoms with Crippen LogP contribution in [-0.2, 0) is 5.41 Å². The molecule has 0 N–H and O–H groups in total. The first-order chi connectivity index (χ1) is 31.2. The maximum atomic E-state index is 5.24. The molecule has 3 aromatic heterocycles. The molecule has 0 bridgehead atoms. The van der Waals surface area contributed by atoms with Crippen LogP contribution in [-0.4, -0.2) is 24.9 Å². The highest BCUT2D eigenvalue weighted by atomic mass is 15.0. The second-order valence-electron chi connectivity index (χ2n) is 16.0. The Morgan fingerprint density at radius 1 is 0.317 bits per heavy atom. The molecule has 0 atom stereocenters. The lowest BCUT2D eigenvalue weighted by molar-refractivity contribution is 0.768. The van der Waals surface area contributed by atoms with Gasteiger partial charge in [-0.3, -0.25) is 9.97 Å². The Kier molecular flexibility index (Phi) is 8.64. The van der Waals surface area contributed by atoms with E-state index >= 15 is 0 Å². The summed E-state index contributed by atoms with van der Waals surface area (Å²) in [7, 11) is 0. The minimum atomic E-state index is -0.538. The fourth-order valence-corrected chi connectivity index (χ4v) is 9.74. The number of aromatic nitrogens is 5. The molecule has 0 saturated heterocycles. The average molecular weight is 804 g/mol. The van der Waals surface area contributed by atoms with Gasteiger partial charge in [-0.1, -0.05) is 182 Å². The van der Waals surface area contributed by atoms with E-state index in [1.54, 1.807) is 0 Å². The molecule has 0 fully saturated rings. The summed E-state index contributed by atoms with van der Waals surface area (Å²) >= 11 is 0. The van der Waals surface area contributed by atoms with Crippen LogP contribution in [0.2, 0.25) is 0 Å². The summed E-state index contributed by atoms with van der Waals surface area (Å²) in [5, 5.41) is 2.07. The van der Waals surface area contributed by atoms with Crippen molar-refractivity contribution >= 4 is 21.8 Å². The molecule has 1 aliphatic rings. The molecule has 5 heteroatoms. The number of rotatable bonds is 7. The molecule has 5 nitrogen and oxygen atoms in total. The third kappa shape index (κ3) is 5.97. The number of pyridine rings is 2. The number of hydrogen-bond acceptors (Lipinski definition) is 5. The standard InChI is InChI=1S/C58H37N5/c1-5-17-39(18-6-1)55-61-56(40-19-7-2-8-20-40)63-57(62-55)43-36-41(46-32-34-60-54-48(46)31-30-38-21-16-33-59-53(38)54)35-42(37-43)47-27-15-29-51-52(47)49-26-13-14-28-50(49)58(51,44-22-9-3-10-23-44)45-24-11-4-12-25-45/h1-37H. The molecule has 0 unspecified atom stereocenters. The minimum absolute atomic E-state index is 0.538. The Balaban J connectivity index is 1.16. The number of fused-ring (bicyclic) bond motifs is 6. The van der Waals surface area contributed by atoms with Gasteiger partial charge in [0.1, 0.15) is 0 Å². The van der Waals surface area contributed by atoms with Crippen LogP contribution >= 0.6 is 0 Å². The first kappa shape index (κ1) is 36.4. The smallest absolute Gasteiger partial charge is 0.164 e. The maximum Gasteiger partial charge on any atom is 0.164 e. The number of benzene rings is 8. The van der Waals surface area contributed by atoms with Crippen LogP contribution < -0.4 is 0 Å². The molecule has 63 heavy (non-hydrogen) atoms. The van der Waals surface area contributed by atoms with Crippen molar-refractivity contribution in [3.05, 3.63) is 247 Å². The van der Waals surface area contributed by atoms with Crippen molar-refractivity contribution < 1.29 is 0 Å². The van der Waals surface area contributed by atoms with E-state index in [1.807, 2.05) is 79.1 Å². The molecule has 294 valence electrons. The first-order valence-electron chi connectivity index (χ1n) is 21.2. The van der Waals surface area contributed by atoms with Crippen LogP contribution in [0.1, 0.15) is 22.3 Å². The van der Waals surface area contributed by atoms with Crippen molar-refractivity contribution in [1.29, 1.82) is 0 Å². The summed E-state index contributed by atoms with van der Waals surface area (Å²) in [4.78, 5) is 25.2. The molecule has 11 aromatic rings. The van der Waals surface area contributed by atoms with Crippen molar-refractivity contribution in [1.82, 2.24) is 24.9 Å². The Hall–Kier alpha value is -8.41. The average Bonchev–Trinajstić information content (AvgIpc) is 3.68. The van der Waals surface area contributed by atoms with Crippen LogP contribution in [0, 0.1) is 0 Å². The molecule has 0 amide bonds. The normalized spacial score (nSPS) is 12.6. The third-order valence-corrected chi connectivity index (χ3v) is 12.5. The number of nitrogens with zero attached hydrogens (tertiary/aromatic N) is 5. The van der Waals surface area contributed by atoms with Gasteiger partial charge in [0.15, 0.2) is 17.5 Å². The second-order valence-corrected chi connectivity index (χ2v) is 16.0. The highest BCUT2D eigenvalue weighted by molar-refractivity contribution is 6.08. The Labute approximate surface area is 365 Å². The molecule has 0 aliphatic heterocycles. The number of hydrogen-bond donors (Lipinski definition) is 0. The van der Waals surface area contributed by atoms with Gasteiger partial charge in [0.05, 0.1) is 16.4 Å². The van der Waals surface area contributed by atoms with Crippen molar-refractivity contribution in [3.63, 3.8) is 0 Å². The van der Waals surface area contributed by atoms with Crippen molar-refractivity contribution in [3.8, 4) is 67.5 Å². The first-order valence-corrected chi connectivity index (χ1v) is 21.2. The summed E-state index contributed by atoms with van der Waals surface area (Å²) in [5.41, 5.74) is 15.6. The van der Waals surface area contributed by atoms with E-state index in [2.05, 4.69) is 146 Å². The fourth-order valence-electron chi connectivity index (χ4n) is 9.74. The Morgan fingerprint density at radius 3 is 1.51 bits per heavy atom. The van der Waals surface area contributed by atoms with E-state index in [0.29, 0.717) is 17.5 Å². The zero-order chi connectivity index (χ0) is 41.7. The molecule has 0 spiro atoms. The van der Waals surface area contributed by atoms with Crippen LogP contribution in [0.3, 0.4) is 0 Å². The van der Waals surface area contributed by atoms with Crippen molar-refractivity contribution in [2.45, 2.75) is 5.41 Å². The monoisotopic (exact) mass is 803 g/mol. The zero-order valence-corrected chi connectivity index (χ0v) is 34.1. The van der Waals surface area contributed by atoms with Gasteiger partial charge in [0.25, 0.3) is 0 Å². The van der Waals surface area contributed by atoms with Crippen LogP contribution in [0.4, 0.5) is 0 Å². The van der Waals surface area contributed by atoms with Gasteiger partial charge < -0.3 is 0 Å². The van der Waals surface area contributed by atoms with E-state index in [1.165, 1.54) is 33.4 Å². The van der Waals surface area contributed by atoms with E-state index in [9.17, 15) is 0 Å². The van der Waals surface area contributed by atoms with Crippen molar-refractivity contribution in [2.24, 2.45) is 0 Å². The van der Waals surface area contributed by atoms with Crippen LogP contribution in [0.25, 0.3) is 89.4 Å². The van der Waals surface area contributed by atoms with Gasteiger partial charge in [-0.15, -0.1) is 0 Å². The quantitative estimate of drug-likeness (QED) is 0.150. The molecular weight excluding hydrogens is 767 g/mol. The molecule has 12 rings (SSSR count). The zero-order valence-electron chi connectivity index (χ0n) is 34.1. The summed E-state index contributed by atoms with van der Waals surface area (Å²) in [6, 6.07) is 75.2. The second kappa shape index (κ2) is 14.9. The fraction of sp³-hybridized carbons (Fsp3) is 0.0172. The maximum absolute atomic E-state index is 5.24. The van der Waals surface area contributed by atoms with Gasteiger partial charge in [-0.25, -0.2) is 15.0 Å². The summed E-state index contributed by atoms with van der Waals surface area (Å²) in [5.74, 6) is 1.82. The Morgan fingerprint density at radius 2 is 0.841 bits per heavy atom. The minimum Gasteiger partial charge on any atom is -0.254 e. The van der Waals surface area contributed by atoms with E-state index in [0.717, 1.165) is 60.8 Å². The molecular formula is C58H37N5.